The van der Waals surface area contributed by atoms with Crippen molar-refractivity contribution in [3.63, 3.8) is 0 Å². The normalized spacial score (nSPS) is 14.2. The molecule has 0 aromatic heterocycles. The van der Waals surface area contributed by atoms with Gasteiger partial charge in [0.05, 0.1) is 6.21 Å². The third kappa shape index (κ3) is 6.31. The van der Waals surface area contributed by atoms with Gasteiger partial charge in [-0.05, 0) is 5.92 Å². The Hall–Kier alpha value is -0.0100. The van der Waals surface area contributed by atoms with Crippen LogP contribution in [0.1, 0.15) is 27.7 Å². The standard InChI is InChI=1S/C10H20N2O4PS2/c1-5-18-15-17(14,16-19-6-2)10(8(3)4)9(13)7-12-11/h7,10H,5-6,11H2,1-4H3/t10-/m0/s1. The van der Waals surface area contributed by atoms with Gasteiger partial charge in [-0.15, -0.1) is 0 Å². The number of carbonyl (C=O) groups is 1. The lowest BCUT2D eigenvalue weighted by Crippen LogP contribution is -2.27. The average Bonchev–Trinajstić information content (AvgIpc) is 2.34. The molecular formula is C10H20N2O4PS2. The zero-order valence-electron chi connectivity index (χ0n) is 11.5. The zero-order chi connectivity index (χ0) is 14.9. The van der Waals surface area contributed by atoms with E-state index in [2.05, 4.69) is 5.10 Å². The van der Waals surface area contributed by atoms with Crippen molar-refractivity contribution < 1.29 is 17.3 Å². The molecule has 0 aliphatic rings. The van der Waals surface area contributed by atoms with Gasteiger partial charge in [0.1, 0.15) is 5.66 Å². The lowest BCUT2D eigenvalue weighted by Gasteiger charge is -2.25. The highest BCUT2D eigenvalue weighted by atomic mass is 32.2. The largest absolute Gasteiger partial charge is 0.364 e. The van der Waals surface area contributed by atoms with Gasteiger partial charge in [0.25, 0.3) is 0 Å². The van der Waals surface area contributed by atoms with Gasteiger partial charge in [-0.3, -0.25) is 9.36 Å². The van der Waals surface area contributed by atoms with Crippen LogP contribution < -0.4 is 5.84 Å². The second kappa shape index (κ2) is 9.83. The molecule has 2 N–H and O–H groups in total. The molecular weight excluding hydrogens is 307 g/mol. The fourth-order valence-electron chi connectivity index (χ4n) is 1.25. The van der Waals surface area contributed by atoms with E-state index in [4.69, 9.17) is 13.8 Å². The first-order valence-corrected chi connectivity index (χ1v) is 9.15. The fraction of sp³-hybridized carbons (Fsp3) is 0.700. The summed E-state index contributed by atoms with van der Waals surface area (Å²) in [6.07, 6.45) is 0.935. The predicted octanol–water partition coefficient (Wildman–Crippen LogP) is 3.05. The fourth-order valence-corrected chi connectivity index (χ4v) is 5.29. The highest BCUT2D eigenvalue weighted by Crippen LogP contribution is 2.61. The SMILES string of the molecule is CCSOP(=O)(OSCC)[C@@H]([C](C)C)C(=O)C=NN. The number of hydrogen-bond acceptors (Lipinski definition) is 8. The molecule has 1 atom stereocenters. The van der Waals surface area contributed by atoms with E-state index < -0.39 is 19.0 Å². The third-order valence-corrected chi connectivity index (χ3v) is 6.26. The van der Waals surface area contributed by atoms with Crippen LogP contribution in [0.4, 0.5) is 0 Å². The van der Waals surface area contributed by atoms with Crippen LogP contribution in [0.15, 0.2) is 5.10 Å². The van der Waals surface area contributed by atoms with Crippen molar-refractivity contribution in [3.8, 4) is 0 Å². The highest BCUT2D eigenvalue weighted by molar-refractivity contribution is 8.02. The van der Waals surface area contributed by atoms with Crippen LogP contribution in [-0.2, 0) is 17.3 Å². The summed E-state index contributed by atoms with van der Waals surface area (Å²) in [5, 5.41) is 3.18. The van der Waals surface area contributed by atoms with Crippen molar-refractivity contribution in [2.45, 2.75) is 33.4 Å². The van der Waals surface area contributed by atoms with Gasteiger partial charge in [-0.2, -0.15) is 5.10 Å². The topological polar surface area (TPSA) is 91.0 Å². The predicted molar refractivity (Wildman–Crippen MR) is 82.1 cm³/mol. The van der Waals surface area contributed by atoms with Crippen molar-refractivity contribution in [2.24, 2.45) is 10.9 Å². The van der Waals surface area contributed by atoms with Gasteiger partial charge in [-0.1, -0.05) is 27.7 Å². The molecule has 0 rings (SSSR count). The molecule has 9 heteroatoms. The van der Waals surface area contributed by atoms with Crippen LogP contribution in [0.5, 0.6) is 0 Å². The summed E-state index contributed by atoms with van der Waals surface area (Å²) in [4.78, 5) is 12.0. The van der Waals surface area contributed by atoms with Gasteiger partial charge in [0, 0.05) is 35.6 Å². The first-order chi connectivity index (χ1) is 8.92. The first-order valence-electron chi connectivity index (χ1n) is 5.72. The third-order valence-electron chi connectivity index (χ3n) is 1.88. The number of hydrazone groups is 1. The molecule has 0 aliphatic heterocycles. The van der Waals surface area contributed by atoms with E-state index in [1.54, 1.807) is 13.8 Å². The van der Waals surface area contributed by atoms with Crippen LogP contribution in [0, 0.1) is 5.92 Å². The molecule has 111 valence electrons. The minimum atomic E-state index is -3.61. The molecule has 0 unspecified atom stereocenters. The van der Waals surface area contributed by atoms with Crippen molar-refractivity contribution >= 4 is 43.7 Å². The molecule has 0 aromatic carbocycles. The quantitative estimate of drug-likeness (QED) is 0.217. The molecule has 1 radical (unpaired) electrons. The van der Waals surface area contributed by atoms with Crippen molar-refractivity contribution in [1.29, 1.82) is 0 Å². The maximum absolute atomic E-state index is 12.8. The van der Waals surface area contributed by atoms with Gasteiger partial charge < -0.3 is 5.84 Å². The summed E-state index contributed by atoms with van der Waals surface area (Å²) in [6.45, 7) is 7.09. The van der Waals surface area contributed by atoms with Crippen molar-refractivity contribution in [2.75, 3.05) is 11.5 Å². The summed E-state index contributed by atoms with van der Waals surface area (Å²) < 4.78 is 23.3. The Labute approximate surface area is 123 Å². The second-order valence-corrected chi connectivity index (χ2v) is 8.08. The Morgan fingerprint density at radius 2 is 1.79 bits per heavy atom. The Morgan fingerprint density at radius 1 is 1.32 bits per heavy atom. The summed E-state index contributed by atoms with van der Waals surface area (Å²) in [5.74, 6) is 6.30. The van der Waals surface area contributed by atoms with Gasteiger partial charge in [-0.25, -0.2) is 7.94 Å². The molecule has 0 fully saturated rings. The zero-order valence-corrected chi connectivity index (χ0v) is 14.0. The molecule has 0 aliphatic carbocycles. The Kier molecular flexibility index (Phi) is 9.82. The Balaban J connectivity index is 5.23. The number of nitrogens with two attached hydrogens (primary N) is 1. The number of ketones is 1. The first kappa shape index (κ1) is 19.0. The van der Waals surface area contributed by atoms with Crippen LogP contribution in [0.25, 0.3) is 0 Å². The van der Waals surface area contributed by atoms with Crippen LogP contribution in [-0.4, -0.2) is 29.2 Å². The monoisotopic (exact) mass is 327 g/mol. The van der Waals surface area contributed by atoms with E-state index in [-0.39, 0.29) is 0 Å². The van der Waals surface area contributed by atoms with E-state index in [0.29, 0.717) is 17.4 Å². The summed E-state index contributed by atoms with van der Waals surface area (Å²) >= 11 is 2.01. The van der Waals surface area contributed by atoms with E-state index in [1.165, 1.54) is 0 Å². The van der Waals surface area contributed by atoms with E-state index in [0.717, 1.165) is 30.3 Å². The van der Waals surface area contributed by atoms with Crippen LogP contribution >= 0.6 is 31.7 Å². The maximum atomic E-state index is 12.8. The van der Waals surface area contributed by atoms with Gasteiger partial charge in [0.2, 0.25) is 0 Å². The Morgan fingerprint density at radius 3 is 2.11 bits per heavy atom. The average molecular weight is 327 g/mol. The van der Waals surface area contributed by atoms with Crippen LogP contribution in [0.2, 0.25) is 0 Å². The number of rotatable bonds is 10. The van der Waals surface area contributed by atoms with Gasteiger partial charge >= 0.3 is 7.60 Å². The molecule has 0 heterocycles. The minimum absolute atomic E-state index is 0.487. The van der Waals surface area contributed by atoms with E-state index >= 15 is 0 Å². The summed E-state index contributed by atoms with van der Waals surface area (Å²) in [7, 11) is -3.61. The number of carbonyl (C=O) groups excluding carboxylic acids is 1. The Bertz CT molecular complexity index is 340. The summed E-state index contributed by atoms with van der Waals surface area (Å²) in [5.41, 5.74) is -0.988. The maximum Gasteiger partial charge on any atom is 0.364 e. The molecule has 0 bridgehead atoms. The molecule has 0 aromatic rings. The summed E-state index contributed by atoms with van der Waals surface area (Å²) in [6, 6.07) is 0. The van der Waals surface area contributed by atoms with E-state index in [9.17, 15) is 9.36 Å². The lowest BCUT2D eigenvalue weighted by atomic mass is 10.1. The van der Waals surface area contributed by atoms with Crippen molar-refractivity contribution in [1.82, 2.24) is 0 Å². The number of Topliss-reactive ketones (excluding diaryl/α,β-unsaturated/α-hetero) is 1. The van der Waals surface area contributed by atoms with Gasteiger partial charge in [0.15, 0.2) is 5.78 Å². The number of hydrogen-bond donors (Lipinski definition) is 1. The van der Waals surface area contributed by atoms with E-state index in [1.807, 2.05) is 13.8 Å². The smallest absolute Gasteiger partial charge is 0.323 e. The lowest BCUT2D eigenvalue weighted by molar-refractivity contribution is -0.112. The second-order valence-electron chi connectivity index (χ2n) is 3.66. The molecule has 0 saturated carbocycles. The molecule has 0 saturated heterocycles. The van der Waals surface area contributed by atoms with Crippen molar-refractivity contribution in [3.05, 3.63) is 5.92 Å². The number of nitrogens with zero attached hydrogens (tertiary/aromatic N) is 1. The highest BCUT2D eigenvalue weighted by Gasteiger charge is 2.44. The van der Waals surface area contributed by atoms with Crippen LogP contribution in [0.3, 0.4) is 0 Å². The molecule has 0 spiro atoms. The molecule has 6 nitrogen and oxygen atoms in total. The molecule has 0 amide bonds. The minimum Gasteiger partial charge on any atom is -0.323 e. The molecule has 19 heavy (non-hydrogen) atoms.